The molecular weight excluding hydrogens is 368 g/mol. The molecule has 1 aliphatic rings. The van der Waals surface area contributed by atoms with Crippen LogP contribution < -0.4 is 10.1 Å². The fourth-order valence-corrected chi connectivity index (χ4v) is 3.66. The van der Waals surface area contributed by atoms with Gasteiger partial charge in [0, 0.05) is 17.8 Å². The molecule has 1 aromatic heterocycles. The fourth-order valence-electron chi connectivity index (χ4n) is 3.66. The zero-order valence-corrected chi connectivity index (χ0v) is 16.1. The number of methoxy groups -OCH3 is 1. The first kappa shape index (κ1) is 18.8. The van der Waals surface area contributed by atoms with Crippen molar-refractivity contribution >= 4 is 17.5 Å². The molecule has 0 radical (unpaired) electrons. The van der Waals surface area contributed by atoms with Gasteiger partial charge in [0.05, 0.1) is 18.9 Å². The molecule has 0 unspecified atom stereocenters. The molecule has 1 N–H and O–H groups in total. The van der Waals surface area contributed by atoms with Crippen LogP contribution in [0.15, 0.2) is 71.5 Å². The van der Waals surface area contributed by atoms with Gasteiger partial charge in [-0.1, -0.05) is 30.3 Å². The van der Waals surface area contributed by atoms with E-state index in [1.165, 1.54) is 12.5 Å². The normalized spacial score (nSPS) is 15.9. The highest BCUT2D eigenvalue weighted by atomic mass is 16.5. The number of carbonyl (C=O) groups is 2. The summed E-state index contributed by atoms with van der Waals surface area (Å²) in [6, 6.07) is 16.4. The summed E-state index contributed by atoms with van der Waals surface area (Å²) in [6.45, 7) is 0.558. The minimum atomic E-state index is -0.499. The van der Waals surface area contributed by atoms with Gasteiger partial charge in [0.2, 0.25) is 5.91 Å². The lowest BCUT2D eigenvalue weighted by Gasteiger charge is -2.24. The van der Waals surface area contributed by atoms with Crippen LogP contribution >= 0.6 is 0 Å². The minimum absolute atomic E-state index is 0.180. The largest absolute Gasteiger partial charge is 0.497 e. The van der Waals surface area contributed by atoms with Gasteiger partial charge in [0.15, 0.2) is 0 Å². The predicted molar refractivity (Wildman–Crippen MR) is 110 cm³/mol. The Bertz CT molecular complexity index is 996. The van der Waals surface area contributed by atoms with Gasteiger partial charge in [-0.25, -0.2) is 0 Å². The summed E-state index contributed by atoms with van der Waals surface area (Å²) in [4.78, 5) is 27.4. The minimum Gasteiger partial charge on any atom is -0.497 e. The quantitative estimate of drug-likeness (QED) is 0.709. The highest BCUT2D eigenvalue weighted by molar-refractivity contribution is 6.03. The molecule has 4 rings (SSSR count). The molecule has 0 aliphatic carbocycles. The number of anilines is 1. The van der Waals surface area contributed by atoms with E-state index >= 15 is 0 Å². The third kappa shape index (κ3) is 3.87. The molecule has 2 amide bonds. The van der Waals surface area contributed by atoms with E-state index in [0.29, 0.717) is 24.2 Å². The molecular formula is C23H22N2O4. The van der Waals surface area contributed by atoms with Crippen molar-refractivity contribution in [3.8, 4) is 16.9 Å². The number of amides is 2. The van der Waals surface area contributed by atoms with Crippen molar-refractivity contribution in [3.63, 3.8) is 0 Å². The maximum Gasteiger partial charge on any atom is 0.257 e. The Hall–Kier alpha value is -3.54. The second kappa shape index (κ2) is 8.22. The van der Waals surface area contributed by atoms with Crippen molar-refractivity contribution in [2.75, 3.05) is 19.0 Å². The molecule has 2 aromatic carbocycles. The summed E-state index contributed by atoms with van der Waals surface area (Å²) < 4.78 is 10.2. The molecule has 29 heavy (non-hydrogen) atoms. The maximum atomic E-state index is 13.0. The summed E-state index contributed by atoms with van der Waals surface area (Å²) in [7, 11) is 1.63. The van der Waals surface area contributed by atoms with E-state index in [2.05, 4.69) is 5.32 Å². The Labute approximate surface area is 169 Å². The lowest BCUT2D eigenvalue weighted by atomic mass is 10.0. The molecule has 0 spiro atoms. The van der Waals surface area contributed by atoms with Gasteiger partial charge in [0.1, 0.15) is 18.1 Å². The van der Waals surface area contributed by atoms with Crippen LogP contribution in [0.3, 0.4) is 0 Å². The molecule has 0 bridgehead atoms. The first-order valence-corrected chi connectivity index (χ1v) is 9.55. The molecule has 1 fully saturated rings. The van der Waals surface area contributed by atoms with Gasteiger partial charge < -0.3 is 19.4 Å². The molecule has 6 nitrogen and oxygen atoms in total. The highest BCUT2D eigenvalue weighted by Gasteiger charge is 2.35. The van der Waals surface area contributed by atoms with E-state index in [0.717, 1.165) is 23.3 Å². The number of ether oxygens (including phenoxy) is 1. The third-order valence-corrected chi connectivity index (χ3v) is 5.17. The van der Waals surface area contributed by atoms with E-state index < -0.39 is 6.04 Å². The van der Waals surface area contributed by atoms with Gasteiger partial charge in [0.25, 0.3) is 5.91 Å². The number of furan rings is 1. The number of nitrogens with zero attached hydrogens (tertiary/aromatic N) is 1. The smallest absolute Gasteiger partial charge is 0.257 e. The van der Waals surface area contributed by atoms with Crippen molar-refractivity contribution in [3.05, 3.63) is 72.7 Å². The van der Waals surface area contributed by atoms with E-state index in [1.54, 1.807) is 18.1 Å². The molecule has 148 valence electrons. The van der Waals surface area contributed by atoms with E-state index in [9.17, 15) is 9.59 Å². The average Bonchev–Trinajstić information content (AvgIpc) is 3.46. The lowest BCUT2D eigenvalue weighted by Crippen LogP contribution is -2.43. The monoisotopic (exact) mass is 390 g/mol. The van der Waals surface area contributed by atoms with Crippen molar-refractivity contribution < 1.29 is 18.7 Å². The second-order valence-electron chi connectivity index (χ2n) is 6.93. The number of para-hydroxylation sites is 1. The summed E-state index contributed by atoms with van der Waals surface area (Å²) in [5, 5.41) is 3.02. The van der Waals surface area contributed by atoms with Gasteiger partial charge in [-0.05, 0) is 42.7 Å². The maximum absolute atomic E-state index is 13.0. The topological polar surface area (TPSA) is 71.8 Å². The average molecular weight is 390 g/mol. The number of hydrogen-bond acceptors (Lipinski definition) is 4. The summed E-state index contributed by atoms with van der Waals surface area (Å²) in [5.74, 6) is 0.412. The third-order valence-electron chi connectivity index (χ3n) is 5.17. The summed E-state index contributed by atoms with van der Waals surface area (Å²) in [5.41, 5.74) is 3.06. The zero-order chi connectivity index (χ0) is 20.2. The summed E-state index contributed by atoms with van der Waals surface area (Å²) >= 11 is 0. The predicted octanol–water partition coefficient (Wildman–Crippen LogP) is 4.20. The van der Waals surface area contributed by atoms with Crippen LogP contribution in [0.2, 0.25) is 0 Å². The van der Waals surface area contributed by atoms with E-state index in [1.807, 2.05) is 48.5 Å². The Morgan fingerprint density at radius 1 is 1.10 bits per heavy atom. The van der Waals surface area contributed by atoms with Crippen molar-refractivity contribution in [1.82, 2.24) is 4.90 Å². The van der Waals surface area contributed by atoms with Crippen LogP contribution in [0.1, 0.15) is 23.2 Å². The van der Waals surface area contributed by atoms with Crippen LogP contribution in [0.5, 0.6) is 5.75 Å². The number of rotatable bonds is 5. The Balaban J connectivity index is 1.54. The second-order valence-corrected chi connectivity index (χ2v) is 6.93. The lowest BCUT2D eigenvalue weighted by molar-refractivity contribution is -0.119. The molecule has 1 saturated heterocycles. The number of nitrogens with one attached hydrogen (secondary N) is 1. The van der Waals surface area contributed by atoms with E-state index in [-0.39, 0.29) is 11.8 Å². The number of hydrogen-bond donors (Lipinski definition) is 1. The Morgan fingerprint density at radius 2 is 1.90 bits per heavy atom. The van der Waals surface area contributed by atoms with Gasteiger partial charge >= 0.3 is 0 Å². The first-order valence-electron chi connectivity index (χ1n) is 9.55. The Kier molecular flexibility index (Phi) is 5.33. The number of benzene rings is 2. The van der Waals surface area contributed by atoms with Crippen molar-refractivity contribution in [2.45, 2.75) is 18.9 Å². The zero-order valence-electron chi connectivity index (χ0n) is 16.1. The van der Waals surface area contributed by atoms with Crippen LogP contribution in [-0.4, -0.2) is 36.4 Å². The first-order chi connectivity index (χ1) is 14.2. The van der Waals surface area contributed by atoms with Crippen molar-refractivity contribution in [1.29, 1.82) is 0 Å². The van der Waals surface area contributed by atoms with Crippen LogP contribution in [0.4, 0.5) is 5.69 Å². The Morgan fingerprint density at radius 3 is 2.62 bits per heavy atom. The van der Waals surface area contributed by atoms with Gasteiger partial charge in [-0.15, -0.1) is 0 Å². The van der Waals surface area contributed by atoms with E-state index in [4.69, 9.17) is 9.15 Å². The van der Waals surface area contributed by atoms with Gasteiger partial charge in [-0.3, -0.25) is 9.59 Å². The number of carbonyl (C=O) groups excluding carboxylic acids is 2. The van der Waals surface area contributed by atoms with Gasteiger partial charge in [-0.2, -0.15) is 0 Å². The molecule has 6 heteroatoms. The standard InChI is InChI=1S/C23H22N2O4/c1-28-18-10-8-16(9-11-18)19-5-2-3-6-20(19)24-22(26)21-7-4-13-25(21)23(27)17-12-14-29-15-17/h2-3,5-6,8-12,14-15,21H,4,7,13H2,1H3,(H,24,26)/t21-/m0/s1. The fraction of sp³-hybridized carbons (Fsp3) is 0.217. The summed E-state index contributed by atoms with van der Waals surface area (Å²) in [6.07, 6.45) is 4.31. The molecule has 2 heterocycles. The van der Waals surface area contributed by atoms with Crippen molar-refractivity contribution in [2.24, 2.45) is 0 Å². The van der Waals surface area contributed by atoms with Crippen LogP contribution in [0, 0.1) is 0 Å². The molecule has 3 aromatic rings. The molecule has 1 aliphatic heterocycles. The highest BCUT2D eigenvalue weighted by Crippen LogP contribution is 2.30. The van der Waals surface area contributed by atoms with Crippen LogP contribution in [0.25, 0.3) is 11.1 Å². The number of likely N-dealkylation sites (tertiary alicyclic amines) is 1. The SMILES string of the molecule is COc1ccc(-c2ccccc2NC(=O)[C@@H]2CCCN2C(=O)c2ccoc2)cc1. The van der Waals surface area contributed by atoms with Crippen LogP contribution in [-0.2, 0) is 4.79 Å². The molecule has 1 atom stereocenters. The molecule has 0 saturated carbocycles.